The zero-order valence-electron chi connectivity index (χ0n) is 18.8. The molecule has 0 amide bonds. The van der Waals surface area contributed by atoms with Crippen molar-refractivity contribution in [2.24, 2.45) is 5.16 Å². The largest absolute Gasteiger partial charge is 0.573 e. The van der Waals surface area contributed by atoms with Crippen molar-refractivity contribution in [2.45, 2.75) is 56.5 Å². The van der Waals surface area contributed by atoms with E-state index in [2.05, 4.69) is 14.8 Å². The van der Waals surface area contributed by atoms with E-state index in [1.807, 2.05) is 0 Å². The number of hydrogen-bond acceptors (Lipinski definition) is 5. The van der Waals surface area contributed by atoms with Crippen LogP contribution >= 0.6 is 11.6 Å². The van der Waals surface area contributed by atoms with Crippen molar-refractivity contribution in [1.29, 1.82) is 0 Å². The lowest BCUT2D eigenvalue weighted by molar-refractivity contribution is -0.274. The van der Waals surface area contributed by atoms with Crippen LogP contribution in [0, 0.1) is 0 Å². The molecule has 2 aliphatic heterocycles. The van der Waals surface area contributed by atoms with E-state index in [0.29, 0.717) is 18.5 Å². The molecule has 0 atom stereocenters. The third-order valence-corrected chi connectivity index (χ3v) is 7.13. The minimum Gasteiger partial charge on any atom is -0.478 e. The molecule has 0 bridgehead atoms. The molecule has 0 radical (unpaired) electrons. The molecule has 5 rings (SSSR count). The fourth-order valence-corrected chi connectivity index (χ4v) is 5.10. The third kappa shape index (κ3) is 5.41. The number of alkyl halides is 3. The smallest absolute Gasteiger partial charge is 0.478 e. The fourth-order valence-electron chi connectivity index (χ4n) is 4.81. The van der Waals surface area contributed by atoms with E-state index in [-0.39, 0.29) is 22.3 Å². The van der Waals surface area contributed by atoms with Crippen LogP contribution < -0.4 is 4.74 Å². The molecule has 2 aromatic rings. The Labute approximate surface area is 205 Å². The molecule has 35 heavy (non-hydrogen) atoms. The molecule has 1 spiro atoms. The molecule has 0 unspecified atom stereocenters. The van der Waals surface area contributed by atoms with Gasteiger partial charge in [0.1, 0.15) is 5.60 Å². The van der Waals surface area contributed by atoms with E-state index in [9.17, 15) is 18.0 Å². The predicted octanol–water partition coefficient (Wildman–Crippen LogP) is 5.97. The molecule has 1 aliphatic carbocycles. The number of aromatic carboxylic acids is 1. The maximum absolute atomic E-state index is 12.9. The summed E-state index contributed by atoms with van der Waals surface area (Å²) in [5, 5.41) is 13.3. The molecule has 186 valence electrons. The number of nitrogens with zero attached hydrogens (tertiary/aromatic N) is 2. The van der Waals surface area contributed by atoms with Crippen LogP contribution in [0.2, 0.25) is 5.02 Å². The van der Waals surface area contributed by atoms with E-state index < -0.39 is 17.9 Å². The fraction of sp³-hybridized carbons (Fsp3) is 0.440. The van der Waals surface area contributed by atoms with Crippen molar-refractivity contribution in [1.82, 2.24) is 4.90 Å². The molecule has 1 saturated carbocycles. The molecule has 1 N–H and O–H groups in total. The summed E-state index contributed by atoms with van der Waals surface area (Å²) >= 11 is 6.22. The normalized spacial score (nSPS) is 19.9. The predicted molar refractivity (Wildman–Crippen MR) is 123 cm³/mol. The molecule has 2 aromatic carbocycles. The number of piperidine rings is 1. The number of halogens is 4. The number of carboxylic acids is 1. The summed E-state index contributed by atoms with van der Waals surface area (Å²) in [5.41, 5.74) is 2.88. The molecular weight excluding hydrogens is 485 g/mol. The maximum atomic E-state index is 12.9. The second-order valence-corrected chi connectivity index (χ2v) is 9.87. The Hall–Kier alpha value is -2.78. The van der Waals surface area contributed by atoms with Gasteiger partial charge in [0.15, 0.2) is 5.75 Å². The number of oxime groups is 1. The van der Waals surface area contributed by atoms with E-state index in [0.717, 1.165) is 55.6 Å². The van der Waals surface area contributed by atoms with Crippen LogP contribution in [0.3, 0.4) is 0 Å². The van der Waals surface area contributed by atoms with E-state index in [1.54, 1.807) is 36.4 Å². The first-order chi connectivity index (χ1) is 16.6. The van der Waals surface area contributed by atoms with Gasteiger partial charge >= 0.3 is 12.3 Å². The van der Waals surface area contributed by atoms with Crippen molar-refractivity contribution in [3.8, 4) is 5.75 Å². The highest BCUT2D eigenvalue weighted by Gasteiger charge is 2.42. The van der Waals surface area contributed by atoms with E-state index in [1.165, 1.54) is 0 Å². The number of hydrogen-bond donors (Lipinski definition) is 1. The standard InChI is InChI=1S/C25H24ClF3N2O4/c26-20-12-15(11-19(16-1-2-16)22(20)34-25(27,28)29)14-31-9-7-24(8-10-31)13-21(30-35-24)17-3-5-18(6-4-17)23(32)33/h3-6,11-12,16H,1-2,7-10,13-14H2,(H,32,33). The van der Waals surface area contributed by atoms with Crippen molar-refractivity contribution in [3.63, 3.8) is 0 Å². The van der Waals surface area contributed by atoms with Gasteiger partial charge in [0.2, 0.25) is 0 Å². The molecule has 2 fully saturated rings. The van der Waals surface area contributed by atoms with Gasteiger partial charge in [-0.05, 0) is 53.6 Å². The quantitative estimate of drug-likeness (QED) is 0.520. The highest BCUT2D eigenvalue weighted by Crippen LogP contribution is 2.48. The summed E-state index contributed by atoms with van der Waals surface area (Å²) in [7, 11) is 0. The maximum Gasteiger partial charge on any atom is 0.573 e. The molecule has 0 aromatic heterocycles. The summed E-state index contributed by atoms with van der Waals surface area (Å²) < 4.78 is 42.8. The van der Waals surface area contributed by atoms with Gasteiger partial charge in [0.05, 0.1) is 16.3 Å². The molecule has 1 saturated heterocycles. The molecule has 2 heterocycles. The second-order valence-electron chi connectivity index (χ2n) is 9.47. The van der Waals surface area contributed by atoms with Crippen molar-refractivity contribution in [3.05, 3.63) is 63.7 Å². The lowest BCUT2D eigenvalue weighted by Crippen LogP contribution is -2.44. The minimum absolute atomic E-state index is 0.0127. The SMILES string of the molecule is O=C(O)c1ccc(C2=NOC3(CCN(Cc4cc(Cl)c(OC(F)(F)F)c(C5CC5)c4)CC3)C2)cc1. The summed E-state index contributed by atoms with van der Waals surface area (Å²) in [6.45, 7) is 2.07. The van der Waals surface area contributed by atoms with Gasteiger partial charge < -0.3 is 14.7 Å². The van der Waals surface area contributed by atoms with Crippen LogP contribution in [0.5, 0.6) is 5.75 Å². The van der Waals surface area contributed by atoms with Gasteiger partial charge in [-0.3, -0.25) is 4.90 Å². The number of rotatable bonds is 6. The highest BCUT2D eigenvalue weighted by atomic mass is 35.5. The summed E-state index contributed by atoms with van der Waals surface area (Å²) in [6.07, 6.45) is -0.958. The van der Waals surface area contributed by atoms with Crippen LogP contribution in [0.4, 0.5) is 13.2 Å². The van der Waals surface area contributed by atoms with Crippen molar-refractivity contribution < 1.29 is 32.6 Å². The Morgan fingerprint density at radius 1 is 1.20 bits per heavy atom. The van der Waals surface area contributed by atoms with Crippen LogP contribution in [0.25, 0.3) is 0 Å². The Morgan fingerprint density at radius 3 is 2.49 bits per heavy atom. The molecule has 3 aliphatic rings. The average Bonchev–Trinajstić information content (AvgIpc) is 3.57. The monoisotopic (exact) mass is 508 g/mol. The average molecular weight is 509 g/mol. The lowest BCUT2D eigenvalue weighted by Gasteiger charge is -2.37. The van der Waals surface area contributed by atoms with Crippen molar-refractivity contribution in [2.75, 3.05) is 13.1 Å². The summed E-state index contributed by atoms with van der Waals surface area (Å²) in [6, 6.07) is 9.95. The number of benzene rings is 2. The Balaban J connectivity index is 1.21. The molecule has 6 nitrogen and oxygen atoms in total. The zero-order chi connectivity index (χ0) is 24.8. The van der Waals surface area contributed by atoms with E-state index >= 15 is 0 Å². The Morgan fingerprint density at radius 2 is 1.89 bits per heavy atom. The first kappa shape index (κ1) is 23.9. The van der Waals surface area contributed by atoms with Crippen LogP contribution in [0.15, 0.2) is 41.6 Å². The summed E-state index contributed by atoms with van der Waals surface area (Å²) in [5.74, 6) is -1.19. The van der Waals surface area contributed by atoms with Crippen LogP contribution in [-0.4, -0.2) is 46.7 Å². The van der Waals surface area contributed by atoms with Gasteiger partial charge in [0, 0.05) is 38.9 Å². The second kappa shape index (κ2) is 9.02. The topological polar surface area (TPSA) is 71.4 Å². The van der Waals surface area contributed by atoms with Crippen LogP contribution in [0.1, 0.15) is 65.1 Å². The third-order valence-electron chi connectivity index (χ3n) is 6.84. The van der Waals surface area contributed by atoms with Gasteiger partial charge in [0.25, 0.3) is 0 Å². The van der Waals surface area contributed by atoms with Gasteiger partial charge in [-0.25, -0.2) is 4.79 Å². The van der Waals surface area contributed by atoms with Gasteiger partial charge in [-0.15, -0.1) is 13.2 Å². The Bertz CT molecular complexity index is 1150. The van der Waals surface area contributed by atoms with Crippen LogP contribution in [-0.2, 0) is 11.4 Å². The number of likely N-dealkylation sites (tertiary alicyclic amines) is 1. The van der Waals surface area contributed by atoms with E-state index in [4.69, 9.17) is 21.5 Å². The van der Waals surface area contributed by atoms with Crippen molar-refractivity contribution >= 4 is 23.3 Å². The highest BCUT2D eigenvalue weighted by molar-refractivity contribution is 6.32. The number of ether oxygens (including phenoxy) is 1. The molecule has 10 heteroatoms. The number of carbonyl (C=O) groups is 1. The minimum atomic E-state index is -4.78. The molecular formula is C25H24ClF3N2O4. The van der Waals surface area contributed by atoms with Gasteiger partial charge in [-0.1, -0.05) is 35.0 Å². The first-order valence-electron chi connectivity index (χ1n) is 11.5. The van der Waals surface area contributed by atoms with Gasteiger partial charge in [-0.2, -0.15) is 0 Å². The zero-order valence-corrected chi connectivity index (χ0v) is 19.5. The first-order valence-corrected chi connectivity index (χ1v) is 11.9. The Kier molecular flexibility index (Phi) is 6.17. The summed E-state index contributed by atoms with van der Waals surface area (Å²) in [4.78, 5) is 19.2. The lowest BCUT2D eigenvalue weighted by atomic mass is 9.85. The number of carboxylic acid groups (broad SMARTS) is 1.